The molecule has 2 rings (SSSR count). The molecule has 3 N–H and O–H groups in total. The number of carboxylic acid groups (broad SMARTS) is 1. The Bertz CT molecular complexity index is 678. The summed E-state index contributed by atoms with van der Waals surface area (Å²) in [7, 11) is 0. The third-order valence-electron chi connectivity index (χ3n) is 3.24. The maximum Gasteiger partial charge on any atom is 0.335 e. The van der Waals surface area contributed by atoms with E-state index in [-0.39, 0.29) is 5.56 Å². The van der Waals surface area contributed by atoms with E-state index >= 15 is 0 Å². The standard InChI is InChI=1S/C16H17NO3/c1-9-6-10(2)11(3)14(7-9)20-15-8-12(16(18)19)4-5-13(15)17/h4-8H,17H2,1-3H3,(H,18,19). The van der Waals surface area contributed by atoms with Crippen LogP contribution in [0, 0.1) is 20.8 Å². The number of anilines is 1. The molecule has 0 aliphatic carbocycles. The monoisotopic (exact) mass is 271 g/mol. The second kappa shape index (κ2) is 5.25. The Hall–Kier alpha value is -2.49. The highest BCUT2D eigenvalue weighted by Crippen LogP contribution is 2.32. The minimum atomic E-state index is -1.01. The van der Waals surface area contributed by atoms with Gasteiger partial charge in [-0.25, -0.2) is 4.79 Å². The van der Waals surface area contributed by atoms with E-state index in [0.717, 1.165) is 16.7 Å². The quantitative estimate of drug-likeness (QED) is 0.835. The number of hydrogen-bond donors (Lipinski definition) is 2. The van der Waals surface area contributed by atoms with Gasteiger partial charge in [-0.3, -0.25) is 0 Å². The first kappa shape index (κ1) is 13.9. The summed E-state index contributed by atoms with van der Waals surface area (Å²) < 4.78 is 5.80. The highest BCUT2D eigenvalue weighted by atomic mass is 16.5. The number of aryl methyl sites for hydroxylation is 2. The Balaban J connectivity index is 2.44. The SMILES string of the molecule is Cc1cc(C)c(C)c(Oc2cc(C(=O)O)ccc2N)c1. The number of carboxylic acids is 1. The number of benzene rings is 2. The number of nitrogens with two attached hydrogens (primary N) is 1. The lowest BCUT2D eigenvalue weighted by Gasteiger charge is -2.14. The van der Waals surface area contributed by atoms with E-state index in [0.29, 0.717) is 17.2 Å². The van der Waals surface area contributed by atoms with Crippen LogP contribution < -0.4 is 10.5 Å². The van der Waals surface area contributed by atoms with Gasteiger partial charge < -0.3 is 15.6 Å². The summed E-state index contributed by atoms with van der Waals surface area (Å²) in [6.07, 6.45) is 0. The predicted molar refractivity (Wildman–Crippen MR) is 78.5 cm³/mol. The number of carbonyl (C=O) groups is 1. The zero-order valence-electron chi connectivity index (χ0n) is 11.7. The van der Waals surface area contributed by atoms with Crippen molar-refractivity contribution in [1.29, 1.82) is 0 Å². The van der Waals surface area contributed by atoms with Crippen molar-refractivity contribution in [2.45, 2.75) is 20.8 Å². The summed E-state index contributed by atoms with van der Waals surface area (Å²) >= 11 is 0. The fourth-order valence-corrected chi connectivity index (χ4v) is 1.98. The van der Waals surface area contributed by atoms with Gasteiger partial charge in [0.1, 0.15) is 5.75 Å². The van der Waals surface area contributed by atoms with Crippen molar-refractivity contribution in [3.05, 3.63) is 52.6 Å². The van der Waals surface area contributed by atoms with E-state index in [2.05, 4.69) is 6.07 Å². The highest BCUT2D eigenvalue weighted by molar-refractivity contribution is 5.89. The van der Waals surface area contributed by atoms with Crippen LogP contribution in [0.4, 0.5) is 5.69 Å². The maximum absolute atomic E-state index is 11.0. The normalized spacial score (nSPS) is 10.3. The van der Waals surface area contributed by atoms with Crippen LogP contribution in [0.3, 0.4) is 0 Å². The number of hydrogen-bond acceptors (Lipinski definition) is 3. The molecule has 4 heteroatoms. The largest absolute Gasteiger partial charge is 0.478 e. The molecule has 2 aromatic rings. The minimum absolute atomic E-state index is 0.149. The van der Waals surface area contributed by atoms with Gasteiger partial charge in [0.15, 0.2) is 5.75 Å². The fraction of sp³-hybridized carbons (Fsp3) is 0.188. The summed E-state index contributed by atoms with van der Waals surface area (Å²) in [5.74, 6) is 0.0433. The Morgan fingerprint density at radius 1 is 1.10 bits per heavy atom. The second-order valence-electron chi connectivity index (χ2n) is 4.86. The first-order valence-corrected chi connectivity index (χ1v) is 6.27. The van der Waals surface area contributed by atoms with Crippen LogP contribution in [0.15, 0.2) is 30.3 Å². The van der Waals surface area contributed by atoms with E-state index < -0.39 is 5.97 Å². The molecule has 20 heavy (non-hydrogen) atoms. The molecule has 0 heterocycles. The van der Waals surface area contributed by atoms with Gasteiger partial charge in [-0.1, -0.05) is 6.07 Å². The van der Waals surface area contributed by atoms with E-state index in [4.69, 9.17) is 15.6 Å². The number of rotatable bonds is 3. The smallest absolute Gasteiger partial charge is 0.335 e. The van der Waals surface area contributed by atoms with E-state index in [1.807, 2.05) is 26.8 Å². The molecule has 0 radical (unpaired) electrons. The molecule has 0 atom stereocenters. The van der Waals surface area contributed by atoms with E-state index in [9.17, 15) is 4.79 Å². The molecule has 0 bridgehead atoms. The van der Waals surface area contributed by atoms with Crippen LogP contribution in [-0.2, 0) is 0 Å². The van der Waals surface area contributed by atoms with E-state index in [1.54, 1.807) is 0 Å². The Morgan fingerprint density at radius 3 is 2.45 bits per heavy atom. The highest BCUT2D eigenvalue weighted by Gasteiger charge is 2.11. The predicted octanol–water partition coefficient (Wildman–Crippen LogP) is 3.68. The summed E-state index contributed by atoms with van der Waals surface area (Å²) in [6, 6.07) is 8.42. The van der Waals surface area contributed by atoms with Gasteiger partial charge in [0.25, 0.3) is 0 Å². The molecular formula is C16H17NO3. The third kappa shape index (κ3) is 2.74. The zero-order chi connectivity index (χ0) is 14.9. The molecule has 4 nitrogen and oxygen atoms in total. The second-order valence-corrected chi connectivity index (χ2v) is 4.86. The summed E-state index contributed by atoms with van der Waals surface area (Å²) in [5.41, 5.74) is 9.61. The molecule has 2 aromatic carbocycles. The van der Waals surface area contributed by atoms with Crippen molar-refractivity contribution in [2.75, 3.05) is 5.73 Å². The Morgan fingerprint density at radius 2 is 1.80 bits per heavy atom. The number of aromatic carboxylic acids is 1. The Labute approximate surface area is 117 Å². The van der Waals surface area contributed by atoms with Crippen molar-refractivity contribution in [3.63, 3.8) is 0 Å². The molecule has 0 aliphatic heterocycles. The van der Waals surface area contributed by atoms with Crippen LogP contribution in [0.25, 0.3) is 0 Å². The molecule has 0 aromatic heterocycles. The van der Waals surface area contributed by atoms with E-state index in [1.165, 1.54) is 18.2 Å². The van der Waals surface area contributed by atoms with Crippen molar-refractivity contribution in [2.24, 2.45) is 0 Å². The van der Waals surface area contributed by atoms with Crippen molar-refractivity contribution >= 4 is 11.7 Å². The van der Waals surface area contributed by atoms with Gasteiger partial charge in [-0.2, -0.15) is 0 Å². The summed E-state index contributed by atoms with van der Waals surface area (Å²) in [4.78, 5) is 11.0. The molecule has 0 saturated heterocycles. The fourth-order valence-electron chi connectivity index (χ4n) is 1.98. The topological polar surface area (TPSA) is 72.5 Å². The third-order valence-corrected chi connectivity index (χ3v) is 3.24. The van der Waals surface area contributed by atoms with Crippen molar-refractivity contribution in [1.82, 2.24) is 0 Å². The lowest BCUT2D eigenvalue weighted by molar-refractivity contribution is 0.0696. The van der Waals surface area contributed by atoms with Gasteiger partial charge in [0.2, 0.25) is 0 Å². The maximum atomic E-state index is 11.0. The zero-order valence-corrected chi connectivity index (χ0v) is 11.7. The average molecular weight is 271 g/mol. The minimum Gasteiger partial charge on any atom is -0.478 e. The summed E-state index contributed by atoms with van der Waals surface area (Å²) in [6.45, 7) is 5.95. The first-order chi connectivity index (χ1) is 9.38. The Kier molecular flexibility index (Phi) is 3.66. The molecule has 0 aliphatic rings. The summed E-state index contributed by atoms with van der Waals surface area (Å²) in [5, 5.41) is 9.01. The molecule has 0 fully saturated rings. The van der Waals surface area contributed by atoms with Gasteiger partial charge in [-0.05, 0) is 61.7 Å². The lowest BCUT2D eigenvalue weighted by atomic mass is 10.1. The molecule has 0 amide bonds. The van der Waals surface area contributed by atoms with Gasteiger partial charge >= 0.3 is 5.97 Å². The molecule has 104 valence electrons. The molecular weight excluding hydrogens is 254 g/mol. The van der Waals surface area contributed by atoms with Gasteiger partial charge in [-0.15, -0.1) is 0 Å². The lowest BCUT2D eigenvalue weighted by Crippen LogP contribution is -2.00. The van der Waals surface area contributed by atoms with Gasteiger partial charge in [0, 0.05) is 0 Å². The van der Waals surface area contributed by atoms with Gasteiger partial charge in [0.05, 0.1) is 11.3 Å². The molecule has 0 saturated carbocycles. The van der Waals surface area contributed by atoms with Crippen LogP contribution in [0.2, 0.25) is 0 Å². The average Bonchev–Trinajstić information content (AvgIpc) is 2.37. The first-order valence-electron chi connectivity index (χ1n) is 6.27. The van der Waals surface area contributed by atoms with Crippen molar-refractivity contribution < 1.29 is 14.6 Å². The van der Waals surface area contributed by atoms with Crippen LogP contribution in [0.1, 0.15) is 27.0 Å². The molecule has 0 spiro atoms. The number of nitrogen functional groups attached to an aromatic ring is 1. The van der Waals surface area contributed by atoms with Crippen LogP contribution in [-0.4, -0.2) is 11.1 Å². The van der Waals surface area contributed by atoms with Crippen LogP contribution >= 0.6 is 0 Å². The molecule has 0 unspecified atom stereocenters. The van der Waals surface area contributed by atoms with Crippen LogP contribution in [0.5, 0.6) is 11.5 Å². The van der Waals surface area contributed by atoms with Crippen molar-refractivity contribution in [3.8, 4) is 11.5 Å². The number of ether oxygens (including phenoxy) is 1.